The lowest BCUT2D eigenvalue weighted by Crippen LogP contribution is -2.46. The zero-order valence-electron chi connectivity index (χ0n) is 17.3. The molecule has 0 saturated heterocycles. The van der Waals surface area contributed by atoms with Crippen molar-refractivity contribution in [2.24, 2.45) is 0 Å². The van der Waals surface area contributed by atoms with Crippen molar-refractivity contribution in [1.29, 1.82) is 0 Å². The number of nitrogens with zero attached hydrogens (tertiary/aromatic N) is 2. The Hall–Kier alpha value is -3.20. The second-order valence-corrected chi connectivity index (χ2v) is 8.80. The van der Waals surface area contributed by atoms with Crippen LogP contribution in [0.1, 0.15) is 25.7 Å². The zero-order valence-corrected chi connectivity index (χ0v) is 18.9. The van der Waals surface area contributed by atoms with E-state index in [9.17, 15) is 19.2 Å². The third kappa shape index (κ3) is 4.83. The Kier molecular flexibility index (Phi) is 6.55. The molecule has 0 unspecified atom stereocenters. The van der Waals surface area contributed by atoms with Gasteiger partial charge in [0.15, 0.2) is 0 Å². The summed E-state index contributed by atoms with van der Waals surface area (Å²) in [5.41, 5.74) is -0.307. The van der Waals surface area contributed by atoms with Gasteiger partial charge in [0.1, 0.15) is 13.1 Å². The van der Waals surface area contributed by atoms with Gasteiger partial charge < -0.3 is 10.6 Å². The molecule has 1 fully saturated rings. The monoisotopic (exact) mass is 498 g/mol. The van der Waals surface area contributed by atoms with E-state index in [-0.39, 0.29) is 30.4 Å². The number of para-hydroxylation sites is 1. The minimum absolute atomic E-state index is 0.0811. The van der Waals surface area contributed by atoms with Crippen LogP contribution in [0.5, 0.6) is 0 Å². The highest BCUT2D eigenvalue weighted by atomic mass is 79.9. The lowest BCUT2D eigenvalue weighted by Gasteiger charge is -2.15. The van der Waals surface area contributed by atoms with Gasteiger partial charge in [0.05, 0.1) is 10.9 Å². The molecule has 2 N–H and O–H groups in total. The van der Waals surface area contributed by atoms with Crippen LogP contribution < -0.4 is 21.9 Å². The average Bonchev–Trinajstić information content (AvgIpc) is 3.29. The molecule has 166 valence electrons. The summed E-state index contributed by atoms with van der Waals surface area (Å²) < 4.78 is 3.01. The molecule has 4 rings (SSSR count). The first-order chi connectivity index (χ1) is 15.4. The summed E-state index contributed by atoms with van der Waals surface area (Å²) >= 11 is 3.34. The maximum absolute atomic E-state index is 13.2. The summed E-state index contributed by atoms with van der Waals surface area (Å²) in [7, 11) is 0. The first kappa shape index (κ1) is 22.0. The van der Waals surface area contributed by atoms with Crippen LogP contribution in [0.25, 0.3) is 10.9 Å². The fourth-order valence-electron chi connectivity index (χ4n) is 4.03. The number of benzene rings is 2. The van der Waals surface area contributed by atoms with E-state index in [1.807, 2.05) is 0 Å². The van der Waals surface area contributed by atoms with Crippen molar-refractivity contribution in [3.05, 3.63) is 73.8 Å². The SMILES string of the molecule is O=C(Cn1c(=O)n(CC(=O)NC2CCCC2)c(=O)c2ccccc21)Nc1ccc(Br)cc1. The third-order valence-corrected chi connectivity index (χ3v) is 6.11. The lowest BCUT2D eigenvalue weighted by molar-refractivity contribution is -0.122. The summed E-state index contributed by atoms with van der Waals surface area (Å²) in [4.78, 5) is 51.3. The third-order valence-electron chi connectivity index (χ3n) is 5.58. The van der Waals surface area contributed by atoms with Crippen LogP contribution in [0.15, 0.2) is 62.6 Å². The van der Waals surface area contributed by atoms with Crippen molar-refractivity contribution >= 4 is 44.3 Å². The Morgan fingerprint density at radius 3 is 2.28 bits per heavy atom. The molecule has 0 bridgehead atoms. The van der Waals surface area contributed by atoms with Gasteiger partial charge in [-0.2, -0.15) is 0 Å². The van der Waals surface area contributed by atoms with Gasteiger partial charge in [0, 0.05) is 16.2 Å². The molecule has 32 heavy (non-hydrogen) atoms. The van der Waals surface area contributed by atoms with E-state index in [2.05, 4.69) is 26.6 Å². The number of hydrogen-bond donors (Lipinski definition) is 2. The fourth-order valence-corrected chi connectivity index (χ4v) is 4.29. The van der Waals surface area contributed by atoms with E-state index in [0.29, 0.717) is 11.2 Å². The molecule has 3 aromatic rings. The van der Waals surface area contributed by atoms with Crippen molar-refractivity contribution in [2.45, 2.75) is 44.8 Å². The highest BCUT2D eigenvalue weighted by Crippen LogP contribution is 2.17. The minimum Gasteiger partial charge on any atom is -0.352 e. The van der Waals surface area contributed by atoms with Crippen molar-refractivity contribution in [3.63, 3.8) is 0 Å². The molecule has 2 amide bonds. The van der Waals surface area contributed by atoms with Crippen molar-refractivity contribution in [3.8, 4) is 0 Å². The standard InChI is InChI=1S/C23H23BrN4O4/c24-15-9-11-17(12-10-15)26-20(29)13-27-19-8-4-3-7-18(19)22(31)28(23(27)32)14-21(30)25-16-5-1-2-6-16/h3-4,7-12,16H,1-2,5-6,13-14H2,(H,25,30)(H,26,29). The maximum atomic E-state index is 13.2. The predicted molar refractivity (Wildman–Crippen MR) is 126 cm³/mol. The molecular formula is C23H23BrN4O4. The molecule has 1 aromatic heterocycles. The Bertz CT molecular complexity index is 1270. The van der Waals surface area contributed by atoms with Gasteiger partial charge in [-0.3, -0.25) is 23.5 Å². The molecular weight excluding hydrogens is 476 g/mol. The Balaban J connectivity index is 1.64. The van der Waals surface area contributed by atoms with Crippen LogP contribution in [0.3, 0.4) is 0 Å². The fraction of sp³-hybridized carbons (Fsp3) is 0.304. The highest BCUT2D eigenvalue weighted by molar-refractivity contribution is 9.10. The largest absolute Gasteiger partial charge is 0.352 e. The molecule has 8 nitrogen and oxygen atoms in total. The molecule has 0 spiro atoms. The van der Waals surface area contributed by atoms with E-state index in [1.54, 1.807) is 48.5 Å². The van der Waals surface area contributed by atoms with Crippen molar-refractivity contribution in [1.82, 2.24) is 14.5 Å². The number of hydrogen-bond acceptors (Lipinski definition) is 4. The van der Waals surface area contributed by atoms with E-state index in [1.165, 1.54) is 4.57 Å². The van der Waals surface area contributed by atoms with Gasteiger partial charge in [-0.05, 0) is 49.2 Å². The van der Waals surface area contributed by atoms with Crippen LogP contribution in [0, 0.1) is 0 Å². The number of amides is 2. The van der Waals surface area contributed by atoms with Gasteiger partial charge in [-0.15, -0.1) is 0 Å². The zero-order chi connectivity index (χ0) is 22.7. The van der Waals surface area contributed by atoms with E-state index < -0.39 is 17.2 Å². The average molecular weight is 499 g/mol. The molecule has 1 saturated carbocycles. The topological polar surface area (TPSA) is 102 Å². The van der Waals surface area contributed by atoms with Crippen LogP contribution in [-0.2, 0) is 22.7 Å². The Labute approximate surface area is 192 Å². The summed E-state index contributed by atoms with van der Waals surface area (Å²) in [5.74, 6) is -0.794. The number of nitrogens with one attached hydrogen (secondary N) is 2. The van der Waals surface area contributed by atoms with Gasteiger partial charge in [-0.1, -0.05) is 40.9 Å². The summed E-state index contributed by atoms with van der Waals surface area (Å²) in [5, 5.41) is 5.92. The molecule has 9 heteroatoms. The Morgan fingerprint density at radius 1 is 0.906 bits per heavy atom. The molecule has 0 atom stereocenters. The molecule has 1 aliphatic carbocycles. The second kappa shape index (κ2) is 9.52. The molecule has 1 aliphatic rings. The van der Waals surface area contributed by atoms with Crippen LogP contribution in [0.4, 0.5) is 5.69 Å². The molecule has 1 heterocycles. The first-order valence-electron chi connectivity index (χ1n) is 10.5. The number of carbonyl (C=O) groups excluding carboxylic acids is 2. The van der Waals surface area contributed by atoms with Gasteiger partial charge in [0.25, 0.3) is 5.56 Å². The van der Waals surface area contributed by atoms with E-state index >= 15 is 0 Å². The smallest absolute Gasteiger partial charge is 0.332 e. The molecule has 2 aromatic carbocycles. The number of carbonyl (C=O) groups is 2. The van der Waals surface area contributed by atoms with Crippen molar-refractivity contribution in [2.75, 3.05) is 5.32 Å². The Morgan fingerprint density at radius 2 is 1.56 bits per heavy atom. The number of halogens is 1. The van der Waals surface area contributed by atoms with Gasteiger partial charge >= 0.3 is 5.69 Å². The lowest BCUT2D eigenvalue weighted by atomic mass is 10.2. The number of rotatable bonds is 6. The second-order valence-electron chi connectivity index (χ2n) is 7.88. The summed E-state index contributed by atoms with van der Waals surface area (Å²) in [6.07, 6.45) is 3.92. The predicted octanol–water partition coefficient (Wildman–Crippen LogP) is 2.62. The van der Waals surface area contributed by atoms with Gasteiger partial charge in [0.2, 0.25) is 11.8 Å². The maximum Gasteiger partial charge on any atom is 0.332 e. The van der Waals surface area contributed by atoms with Crippen LogP contribution in [-0.4, -0.2) is 27.0 Å². The molecule has 0 radical (unpaired) electrons. The highest BCUT2D eigenvalue weighted by Gasteiger charge is 2.20. The number of aromatic nitrogens is 2. The van der Waals surface area contributed by atoms with Crippen LogP contribution in [0.2, 0.25) is 0 Å². The number of anilines is 1. The molecule has 0 aliphatic heterocycles. The van der Waals surface area contributed by atoms with Crippen molar-refractivity contribution < 1.29 is 9.59 Å². The van der Waals surface area contributed by atoms with E-state index in [0.717, 1.165) is 34.7 Å². The normalized spacial score (nSPS) is 13.9. The first-order valence-corrected chi connectivity index (χ1v) is 11.3. The number of fused-ring (bicyclic) bond motifs is 1. The minimum atomic E-state index is -0.693. The quantitative estimate of drug-likeness (QED) is 0.545. The summed E-state index contributed by atoms with van der Waals surface area (Å²) in [6.45, 7) is -0.673. The van der Waals surface area contributed by atoms with E-state index in [4.69, 9.17) is 0 Å². The summed E-state index contributed by atoms with van der Waals surface area (Å²) in [6, 6.07) is 13.7. The van der Waals surface area contributed by atoms with Crippen LogP contribution >= 0.6 is 15.9 Å². The van der Waals surface area contributed by atoms with Gasteiger partial charge in [-0.25, -0.2) is 4.79 Å².